The lowest BCUT2D eigenvalue weighted by molar-refractivity contribution is -0.116. The summed E-state index contributed by atoms with van der Waals surface area (Å²) in [7, 11) is 0. The van der Waals surface area contributed by atoms with Crippen LogP contribution in [-0.4, -0.2) is 12.5 Å². The minimum atomic E-state index is 0.0770. The third-order valence-electron chi connectivity index (χ3n) is 3.10. The first-order valence-corrected chi connectivity index (χ1v) is 7.26. The maximum Gasteiger partial charge on any atom is 0.224 e. The highest BCUT2D eigenvalue weighted by Gasteiger charge is 2.05. The average molecular weight is 272 g/mol. The molecule has 0 saturated heterocycles. The molecule has 0 aliphatic heterocycles. The van der Waals surface area contributed by atoms with Crippen LogP contribution in [0.3, 0.4) is 0 Å². The Labute approximate surface area is 121 Å². The van der Waals surface area contributed by atoms with Crippen LogP contribution in [0.25, 0.3) is 0 Å². The molecule has 3 N–H and O–H groups in total. The summed E-state index contributed by atoms with van der Waals surface area (Å²) in [6, 6.07) is 5.81. The normalized spacial score (nSPS) is 9.75. The summed E-state index contributed by atoms with van der Waals surface area (Å²) in [4.78, 5) is 11.9. The van der Waals surface area contributed by atoms with Crippen LogP contribution < -0.4 is 11.1 Å². The van der Waals surface area contributed by atoms with Gasteiger partial charge in [-0.2, -0.15) is 0 Å². The first-order valence-electron chi connectivity index (χ1n) is 7.26. The molecule has 108 valence electrons. The molecule has 0 aliphatic carbocycles. The summed E-state index contributed by atoms with van der Waals surface area (Å²) in [6.45, 7) is 4.48. The molecule has 0 radical (unpaired) electrons. The zero-order valence-electron chi connectivity index (χ0n) is 12.5. The summed E-state index contributed by atoms with van der Waals surface area (Å²) in [5.74, 6) is 5.87. The van der Waals surface area contributed by atoms with Crippen LogP contribution in [0.4, 0.5) is 5.69 Å². The van der Waals surface area contributed by atoms with E-state index >= 15 is 0 Å². The van der Waals surface area contributed by atoms with E-state index in [-0.39, 0.29) is 5.91 Å². The second kappa shape index (κ2) is 9.17. The van der Waals surface area contributed by atoms with Crippen molar-refractivity contribution in [2.24, 2.45) is 5.73 Å². The van der Waals surface area contributed by atoms with E-state index in [1.165, 1.54) is 12.8 Å². The third-order valence-corrected chi connectivity index (χ3v) is 3.10. The number of unbranched alkanes of at least 4 members (excludes halogenated alkanes) is 3. The number of carbonyl (C=O) groups excluding carboxylic acids is 1. The summed E-state index contributed by atoms with van der Waals surface area (Å²) in [6.07, 6.45) is 5.02. The maximum absolute atomic E-state index is 11.9. The zero-order valence-corrected chi connectivity index (χ0v) is 12.5. The fourth-order valence-electron chi connectivity index (χ4n) is 1.91. The molecule has 1 aromatic carbocycles. The van der Waals surface area contributed by atoms with E-state index < -0.39 is 0 Å². The highest BCUT2D eigenvalue weighted by molar-refractivity contribution is 5.91. The quantitative estimate of drug-likeness (QED) is 0.617. The minimum absolute atomic E-state index is 0.0770. The Morgan fingerprint density at radius 2 is 2.10 bits per heavy atom. The second-order valence-corrected chi connectivity index (χ2v) is 4.89. The standard InChI is InChI=1S/C17H24N2O/c1-3-4-5-6-9-17(20)19-16-13-15(8-7-12-18)11-10-14(16)2/h10-11,13H,3-6,9,12,18H2,1-2H3,(H,19,20). The summed E-state index contributed by atoms with van der Waals surface area (Å²) in [5.41, 5.74) is 8.13. The fourth-order valence-corrected chi connectivity index (χ4v) is 1.91. The third kappa shape index (κ3) is 5.90. The topological polar surface area (TPSA) is 55.1 Å². The van der Waals surface area contributed by atoms with Gasteiger partial charge in [-0.1, -0.05) is 44.1 Å². The van der Waals surface area contributed by atoms with E-state index in [1.54, 1.807) is 0 Å². The van der Waals surface area contributed by atoms with Crippen molar-refractivity contribution < 1.29 is 4.79 Å². The molecule has 0 aromatic heterocycles. The van der Waals surface area contributed by atoms with Crippen LogP contribution in [0.2, 0.25) is 0 Å². The van der Waals surface area contributed by atoms with E-state index in [0.717, 1.165) is 29.7 Å². The molecule has 0 aliphatic rings. The van der Waals surface area contributed by atoms with E-state index in [1.807, 2.05) is 25.1 Å². The molecule has 0 spiro atoms. The summed E-state index contributed by atoms with van der Waals surface area (Å²) < 4.78 is 0. The molecule has 1 amide bonds. The molecule has 3 heteroatoms. The van der Waals surface area contributed by atoms with E-state index in [2.05, 4.69) is 24.1 Å². The first kappa shape index (κ1) is 16.3. The van der Waals surface area contributed by atoms with Crippen LogP contribution in [0.15, 0.2) is 18.2 Å². The molecule has 0 unspecified atom stereocenters. The number of nitrogens with two attached hydrogens (primary N) is 1. The molecule has 20 heavy (non-hydrogen) atoms. The molecule has 1 aromatic rings. The average Bonchev–Trinajstić information content (AvgIpc) is 2.44. The highest BCUT2D eigenvalue weighted by atomic mass is 16.1. The van der Waals surface area contributed by atoms with Gasteiger partial charge in [-0.15, -0.1) is 0 Å². The van der Waals surface area contributed by atoms with Crippen molar-refractivity contribution in [3.05, 3.63) is 29.3 Å². The van der Waals surface area contributed by atoms with Crippen LogP contribution in [0.1, 0.15) is 50.2 Å². The number of amides is 1. The molecular formula is C17H24N2O. The number of carbonyl (C=O) groups is 1. The number of anilines is 1. The predicted octanol–water partition coefficient (Wildman–Crippen LogP) is 3.21. The number of aryl methyl sites for hydroxylation is 1. The zero-order chi connectivity index (χ0) is 14.8. The Hall–Kier alpha value is -1.79. The van der Waals surface area contributed by atoms with Gasteiger partial charge in [0.2, 0.25) is 5.91 Å². The number of nitrogens with one attached hydrogen (secondary N) is 1. The lowest BCUT2D eigenvalue weighted by atomic mass is 10.1. The lowest BCUT2D eigenvalue weighted by Gasteiger charge is -2.09. The largest absolute Gasteiger partial charge is 0.326 e. The molecule has 0 saturated carbocycles. The Morgan fingerprint density at radius 3 is 2.80 bits per heavy atom. The maximum atomic E-state index is 11.9. The molecule has 0 atom stereocenters. The van der Waals surface area contributed by atoms with Gasteiger partial charge in [0.05, 0.1) is 6.54 Å². The lowest BCUT2D eigenvalue weighted by Crippen LogP contribution is -2.12. The van der Waals surface area contributed by atoms with Gasteiger partial charge in [0.1, 0.15) is 0 Å². The molecule has 1 rings (SSSR count). The van der Waals surface area contributed by atoms with Crippen molar-refractivity contribution in [3.63, 3.8) is 0 Å². The van der Waals surface area contributed by atoms with Crippen LogP contribution in [0, 0.1) is 18.8 Å². The van der Waals surface area contributed by atoms with Gasteiger partial charge < -0.3 is 11.1 Å². The molecule has 3 nitrogen and oxygen atoms in total. The number of rotatable bonds is 6. The van der Waals surface area contributed by atoms with Crippen molar-refractivity contribution in [3.8, 4) is 11.8 Å². The molecule has 0 bridgehead atoms. The van der Waals surface area contributed by atoms with Crippen molar-refractivity contribution in [2.75, 3.05) is 11.9 Å². The Bertz CT molecular complexity index is 497. The predicted molar refractivity (Wildman–Crippen MR) is 84.5 cm³/mol. The SMILES string of the molecule is CCCCCCC(=O)Nc1cc(C#CCN)ccc1C. The smallest absolute Gasteiger partial charge is 0.224 e. The van der Waals surface area contributed by atoms with Crippen LogP contribution >= 0.6 is 0 Å². The van der Waals surface area contributed by atoms with Gasteiger partial charge in [-0.3, -0.25) is 4.79 Å². The monoisotopic (exact) mass is 272 g/mol. The van der Waals surface area contributed by atoms with E-state index in [0.29, 0.717) is 13.0 Å². The molecular weight excluding hydrogens is 248 g/mol. The second-order valence-electron chi connectivity index (χ2n) is 4.89. The van der Waals surface area contributed by atoms with Gasteiger partial charge in [0, 0.05) is 17.7 Å². The van der Waals surface area contributed by atoms with Gasteiger partial charge in [-0.05, 0) is 31.0 Å². The Morgan fingerprint density at radius 1 is 1.30 bits per heavy atom. The Balaban J connectivity index is 2.59. The number of hydrogen-bond acceptors (Lipinski definition) is 2. The van der Waals surface area contributed by atoms with Crippen molar-refractivity contribution in [1.29, 1.82) is 0 Å². The van der Waals surface area contributed by atoms with Crippen molar-refractivity contribution >= 4 is 11.6 Å². The number of hydrogen-bond donors (Lipinski definition) is 2. The minimum Gasteiger partial charge on any atom is -0.326 e. The van der Waals surface area contributed by atoms with E-state index in [4.69, 9.17) is 5.73 Å². The first-order chi connectivity index (χ1) is 9.67. The van der Waals surface area contributed by atoms with Gasteiger partial charge in [-0.25, -0.2) is 0 Å². The summed E-state index contributed by atoms with van der Waals surface area (Å²) in [5, 5.41) is 2.97. The van der Waals surface area contributed by atoms with Crippen molar-refractivity contribution in [2.45, 2.75) is 46.0 Å². The van der Waals surface area contributed by atoms with Crippen LogP contribution in [-0.2, 0) is 4.79 Å². The van der Waals surface area contributed by atoms with Crippen LogP contribution in [0.5, 0.6) is 0 Å². The summed E-state index contributed by atoms with van der Waals surface area (Å²) >= 11 is 0. The van der Waals surface area contributed by atoms with Gasteiger partial charge >= 0.3 is 0 Å². The molecule has 0 heterocycles. The Kier molecular flexibility index (Phi) is 7.46. The van der Waals surface area contributed by atoms with Gasteiger partial charge in [0.15, 0.2) is 0 Å². The van der Waals surface area contributed by atoms with E-state index in [9.17, 15) is 4.79 Å². The highest BCUT2D eigenvalue weighted by Crippen LogP contribution is 2.17. The van der Waals surface area contributed by atoms with Crippen molar-refractivity contribution in [1.82, 2.24) is 0 Å². The fraction of sp³-hybridized carbons (Fsp3) is 0.471. The van der Waals surface area contributed by atoms with Gasteiger partial charge in [0.25, 0.3) is 0 Å². The number of benzene rings is 1. The molecule has 0 fully saturated rings.